The van der Waals surface area contributed by atoms with Gasteiger partial charge in [-0.3, -0.25) is 4.79 Å². The number of aliphatic hydroxyl groups is 1. The molecule has 104 valence electrons. The smallest absolute Gasteiger partial charge is 0.337 e. The van der Waals surface area contributed by atoms with E-state index in [0.717, 1.165) is 16.3 Å². The van der Waals surface area contributed by atoms with Gasteiger partial charge in [0, 0.05) is 9.37 Å². The van der Waals surface area contributed by atoms with E-state index in [1.54, 1.807) is 0 Å². The Morgan fingerprint density at radius 1 is 1.37 bits per heavy atom. The molecule has 1 aromatic rings. The van der Waals surface area contributed by atoms with Gasteiger partial charge >= 0.3 is 5.97 Å². The normalized spacial score (nSPS) is 13.6. The zero-order chi connectivity index (χ0) is 14.5. The summed E-state index contributed by atoms with van der Waals surface area (Å²) in [4.78, 5) is 23.1. The molecule has 3 N–H and O–H groups in total. The lowest BCUT2D eigenvalue weighted by Gasteiger charge is -2.18. The zero-order valence-corrected chi connectivity index (χ0v) is 12.6. The quantitative estimate of drug-likeness (QED) is 0.678. The fourth-order valence-electron chi connectivity index (χ4n) is 1.08. The SMILES string of the molecule is CC(O)(CNC(=O)CSc1ccc(Br)cc1)C(=O)O. The largest absolute Gasteiger partial charge is 0.479 e. The maximum absolute atomic E-state index is 11.5. The number of carboxylic acids is 1. The average Bonchev–Trinajstić information content (AvgIpc) is 2.35. The van der Waals surface area contributed by atoms with Crippen molar-refractivity contribution < 1.29 is 19.8 Å². The predicted octanol–water partition coefficient (Wildman–Crippen LogP) is 1.49. The first-order valence-electron chi connectivity index (χ1n) is 5.42. The fourth-order valence-corrected chi connectivity index (χ4v) is 2.07. The second-order valence-electron chi connectivity index (χ2n) is 4.10. The number of hydrogen-bond donors (Lipinski definition) is 3. The molecule has 1 atom stereocenters. The molecule has 0 aliphatic carbocycles. The van der Waals surface area contributed by atoms with Crippen LogP contribution in [0.4, 0.5) is 0 Å². The lowest BCUT2D eigenvalue weighted by Crippen LogP contribution is -2.46. The van der Waals surface area contributed by atoms with Gasteiger partial charge in [-0.1, -0.05) is 15.9 Å². The van der Waals surface area contributed by atoms with Gasteiger partial charge in [0.1, 0.15) is 0 Å². The molecule has 0 radical (unpaired) electrons. The maximum Gasteiger partial charge on any atom is 0.337 e. The molecule has 0 saturated heterocycles. The van der Waals surface area contributed by atoms with Crippen LogP contribution >= 0.6 is 27.7 Å². The highest BCUT2D eigenvalue weighted by Gasteiger charge is 2.30. The van der Waals surface area contributed by atoms with Crippen LogP contribution in [0.25, 0.3) is 0 Å². The monoisotopic (exact) mass is 347 g/mol. The van der Waals surface area contributed by atoms with Crippen molar-refractivity contribution in [1.29, 1.82) is 0 Å². The van der Waals surface area contributed by atoms with Crippen molar-refractivity contribution in [2.75, 3.05) is 12.3 Å². The molecule has 1 rings (SSSR count). The van der Waals surface area contributed by atoms with Gasteiger partial charge in [-0.15, -0.1) is 11.8 Å². The minimum Gasteiger partial charge on any atom is -0.479 e. The maximum atomic E-state index is 11.5. The van der Waals surface area contributed by atoms with Crippen LogP contribution in [0.3, 0.4) is 0 Å². The first-order valence-corrected chi connectivity index (χ1v) is 7.20. The number of benzene rings is 1. The molecule has 0 bridgehead atoms. The molecular formula is C12H14BrNO4S. The number of carbonyl (C=O) groups is 2. The third-order valence-electron chi connectivity index (χ3n) is 2.27. The summed E-state index contributed by atoms with van der Waals surface area (Å²) in [6, 6.07) is 7.48. The summed E-state index contributed by atoms with van der Waals surface area (Å²) in [5, 5.41) is 20.5. The van der Waals surface area contributed by atoms with E-state index >= 15 is 0 Å². The van der Waals surface area contributed by atoms with E-state index in [0.29, 0.717) is 0 Å². The predicted molar refractivity (Wildman–Crippen MR) is 76.1 cm³/mol. The van der Waals surface area contributed by atoms with E-state index in [1.165, 1.54) is 11.8 Å². The van der Waals surface area contributed by atoms with Gasteiger partial charge in [0.25, 0.3) is 0 Å². The van der Waals surface area contributed by atoms with Crippen molar-refractivity contribution >= 4 is 39.6 Å². The van der Waals surface area contributed by atoms with Crippen LogP contribution in [0.2, 0.25) is 0 Å². The summed E-state index contributed by atoms with van der Waals surface area (Å²) in [7, 11) is 0. The topological polar surface area (TPSA) is 86.6 Å². The van der Waals surface area contributed by atoms with E-state index in [2.05, 4.69) is 21.2 Å². The van der Waals surface area contributed by atoms with Crippen molar-refractivity contribution in [1.82, 2.24) is 5.32 Å². The van der Waals surface area contributed by atoms with Crippen LogP contribution in [-0.2, 0) is 9.59 Å². The van der Waals surface area contributed by atoms with Gasteiger partial charge in [0.2, 0.25) is 5.91 Å². The van der Waals surface area contributed by atoms with Gasteiger partial charge in [-0.25, -0.2) is 4.79 Å². The molecule has 1 amide bonds. The highest BCUT2D eigenvalue weighted by atomic mass is 79.9. The number of rotatable bonds is 6. The fraction of sp³-hybridized carbons (Fsp3) is 0.333. The Morgan fingerprint density at radius 3 is 2.47 bits per heavy atom. The minimum absolute atomic E-state index is 0.164. The Balaban J connectivity index is 2.36. The summed E-state index contributed by atoms with van der Waals surface area (Å²) in [6.07, 6.45) is 0. The molecule has 0 fully saturated rings. The van der Waals surface area contributed by atoms with Crippen LogP contribution < -0.4 is 5.32 Å². The van der Waals surface area contributed by atoms with E-state index < -0.39 is 11.6 Å². The van der Waals surface area contributed by atoms with Crippen LogP contribution in [0.15, 0.2) is 33.6 Å². The molecular weight excluding hydrogens is 334 g/mol. The molecule has 1 aromatic carbocycles. The molecule has 1 unspecified atom stereocenters. The Bertz CT molecular complexity index is 461. The Morgan fingerprint density at radius 2 is 1.95 bits per heavy atom. The van der Waals surface area contributed by atoms with Crippen LogP contribution in [0.1, 0.15) is 6.92 Å². The number of aliphatic carboxylic acids is 1. The van der Waals surface area contributed by atoms with E-state index in [4.69, 9.17) is 5.11 Å². The highest BCUT2D eigenvalue weighted by Crippen LogP contribution is 2.20. The van der Waals surface area contributed by atoms with Gasteiger partial charge in [0.15, 0.2) is 5.60 Å². The lowest BCUT2D eigenvalue weighted by atomic mass is 10.1. The number of amides is 1. The molecule has 0 aliphatic heterocycles. The average molecular weight is 348 g/mol. The number of nitrogens with one attached hydrogen (secondary N) is 1. The first kappa shape index (κ1) is 16.0. The summed E-state index contributed by atoms with van der Waals surface area (Å²) < 4.78 is 0.957. The molecule has 5 nitrogen and oxygen atoms in total. The Kier molecular flexibility index (Phi) is 5.84. The minimum atomic E-state index is -1.95. The molecule has 0 saturated carbocycles. The van der Waals surface area contributed by atoms with Crippen molar-refractivity contribution in [2.45, 2.75) is 17.4 Å². The van der Waals surface area contributed by atoms with Gasteiger partial charge < -0.3 is 15.5 Å². The third kappa shape index (κ3) is 5.63. The van der Waals surface area contributed by atoms with Crippen LogP contribution in [0.5, 0.6) is 0 Å². The summed E-state index contributed by atoms with van der Waals surface area (Å²) >= 11 is 4.65. The van der Waals surface area contributed by atoms with Gasteiger partial charge in [-0.05, 0) is 31.2 Å². The van der Waals surface area contributed by atoms with Crippen LogP contribution in [0, 0.1) is 0 Å². The molecule has 7 heteroatoms. The van der Waals surface area contributed by atoms with Crippen molar-refractivity contribution in [3.8, 4) is 0 Å². The summed E-state index contributed by atoms with van der Waals surface area (Å²) in [5.74, 6) is -1.53. The van der Waals surface area contributed by atoms with Crippen LogP contribution in [-0.4, -0.2) is 40.0 Å². The number of thioether (sulfide) groups is 1. The second-order valence-corrected chi connectivity index (χ2v) is 6.06. The molecule has 0 aliphatic rings. The number of carbonyl (C=O) groups excluding carboxylic acids is 1. The molecule has 0 aromatic heterocycles. The number of hydrogen-bond acceptors (Lipinski definition) is 4. The highest BCUT2D eigenvalue weighted by molar-refractivity contribution is 9.10. The summed E-state index contributed by atoms with van der Waals surface area (Å²) in [5.41, 5.74) is -1.95. The van der Waals surface area contributed by atoms with Crippen molar-refractivity contribution in [2.24, 2.45) is 0 Å². The number of halogens is 1. The third-order valence-corrected chi connectivity index (χ3v) is 3.81. The van der Waals surface area contributed by atoms with E-state index in [1.807, 2.05) is 24.3 Å². The van der Waals surface area contributed by atoms with Gasteiger partial charge in [-0.2, -0.15) is 0 Å². The van der Waals surface area contributed by atoms with Crippen molar-refractivity contribution in [3.63, 3.8) is 0 Å². The second kappa shape index (κ2) is 6.93. The lowest BCUT2D eigenvalue weighted by molar-refractivity contribution is -0.156. The zero-order valence-electron chi connectivity index (χ0n) is 10.2. The number of carboxylic acid groups (broad SMARTS) is 1. The molecule has 19 heavy (non-hydrogen) atoms. The Labute approximate surface area is 123 Å². The first-order chi connectivity index (χ1) is 8.81. The molecule has 0 heterocycles. The molecule has 0 spiro atoms. The van der Waals surface area contributed by atoms with Crippen molar-refractivity contribution in [3.05, 3.63) is 28.7 Å². The Hall–Kier alpha value is -1.05. The standard InChI is InChI=1S/C12H14BrNO4S/c1-12(18,11(16)17)7-14-10(15)6-19-9-4-2-8(13)3-5-9/h2-5,18H,6-7H2,1H3,(H,14,15)(H,16,17). The van der Waals surface area contributed by atoms with E-state index in [-0.39, 0.29) is 18.2 Å². The van der Waals surface area contributed by atoms with Gasteiger partial charge in [0.05, 0.1) is 12.3 Å². The van der Waals surface area contributed by atoms with E-state index in [9.17, 15) is 14.7 Å². The summed E-state index contributed by atoms with van der Waals surface area (Å²) in [6.45, 7) is 0.819.